The molecule has 1 aromatic rings. The van der Waals surface area contributed by atoms with Gasteiger partial charge in [-0.1, -0.05) is 24.4 Å². The van der Waals surface area contributed by atoms with Gasteiger partial charge in [-0.3, -0.25) is 4.72 Å². The van der Waals surface area contributed by atoms with Gasteiger partial charge < -0.3 is 0 Å². The molecule has 1 saturated heterocycles. The van der Waals surface area contributed by atoms with Gasteiger partial charge in [0.2, 0.25) is 0 Å². The predicted octanol–water partition coefficient (Wildman–Crippen LogP) is 3.77. The molecule has 4 nitrogen and oxygen atoms in total. The number of hydrogen-bond donors (Lipinski definition) is 1. The average Bonchev–Trinajstić information content (AvgIpc) is 2.63. The number of benzene rings is 1. The molecule has 0 spiro atoms. The fourth-order valence-corrected chi connectivity index (χ4v) is 4.55. The molecule has 1 aliphatic heterocycles. The zero-order valence-electron chi connectivity index (χ0n) is 10.7. The molecule has 1 aliphatic rings. The minimum Gasteiger partial charge on any atom is -0.268 e. The summed E-state index contributed by atoms with van der Waals surface area (Å²) in [5.74, 6) is -0.528. The molecule has 8 heteroatoms. The Morgan fingerprint density at radius 2 is 1.80 bits per heavy atom. The van der Waals surface area contributed by atoms with Crippen molar-refractivity contribution < 1.29 is 12.8 Å². The lowest BCUT2D eigenvalue weighted by molar-refractivity contribution is 0.427. The Morgan fingerprint density at radius 1 is 1.20 bits per heavy atom. The van der Waals surface area contributed by atoms with Crippen molar-refractivity contribution in [1.29, 1.82) is 0 Å². The van der Waals surface area contributed by atoms with Crippen molar-refractivity contribution in [3.8, 4) is 0 Å². The van der Waals surface area contributed by atoms with E-state index in [-0.39, 0.29) is 15.2 Å². The van der Waals surface area contributed by atoms with Crippen molar-refractivity contribution in [3.05, 3.63) is 27.4 Å². The topological polar surface area (TPSA) is 49.4 Å². The summed E-state index contributed by atoms with van der Waals surface area (Å²) in [6.07, 6.45) is 3.76. The quantitative estimate of drug-likeness (QED) is 0.861. The Balaban J connectivity index is 2.23. The van der Waals surface area contributed by atoms with E-state index in [1.165, 1.54) is 10.4 Å². The summed E-state index contributed by atoms with van der Waals surface area (Å²) in [6.45, 7) is 0.984. The van der Waals surface area contributed by atoms with Crippen LogP contribution < -0.4 is 4.72 Å². The lowest BCUT2D eigenvalue weighted by atomic mass is 10.2. The van der Waals surface area contributed by atoms with Gasteiger partial charge in [-0.15, -0.1) is 0 Å². The monoisotopic (exact) mass is 384 g/mol. The molecule has 1 N–H and O–H groups in total. The van der Waals surface area contributed by atoms with E-state index in [4.69, 9.17) is 11.6 Å². The van der Waals surface area contributed by atoms with Crippen molar-refractivity contribution in [2.24, 2.45) is 0 Å². The highest BCUT2D eigenvalue weighted by Crippen LogP contribution is 2.33. The number of halogens is 3. The zero-order valence-corrected chi connectivity index (χ0v) is 13.9. The average molecular weight is 386 g/mol. The highest BCUT2D eigenvalue weighted by atomic mass is 79.9. The zero-order chi connectivity index (χ0) is 14.8. The maximum absolute atomic E-state index is 13.1. The van der Waals surface area contributed by atoms with Crippen molar-refractivity contribution in [2.45, 2.75) is 25.7 Å². The molecule has 1 aromatic carbocycles. The second kappa shape index (κ2) is 6.60. The summed E-state index contributed by atoms with van der Waals surface area (Å²) in [7, 11) is -3.67. The van der Waals surface area contributed by atoms with Crippen LogP contribution in [-0.2, 0) is 10.2 Å². The number of anilines is 1. The number of rotatable bonds is 3. The molecule has 112 valence electrons. The van der Waals surface area contributed by atoms with Gasteiger partial charge in [0, 0.05) is 17.6 Å². The summed E-state index contributed by atoms with van der Waals surface area (Å²) in [6, 6.07) is 2.25. The fourth-order valence-electron chi connectivity index (χ4n) is 2.12. The number of hydrogen-bond acceptors (Lipinski definition) is 2. The summed E-state index contributed by atoms with van der Waals surface area (Å²) in [5, 5.41) is 0.0234. The first kappa shape index (κ1) is 16.0. The Kier molecular flexibility index (Phi) is 5.28. The molecule has 0 amide bonds. The van der Waals surface area contributed by atoms with Gasteiger partial charge in [0.15, 0.2) is 0 Å². The van der Waals surface area contributed by atoms with Crippen LogP contribution in [0.5, 0.6) is 0 Å². The minimum absolute atomic E-state index is 0.0234. The van der Waals surface area contributed by atoms with Gasteiger partial charge in [0.25, 0.3) is 0 Å². The van der Waals surface area contributed by atoms with Crippen LogP contribution in [0.2, 0.25) is 5.02 Å². The van der Waals surface area contributed by atoms with E-state index in [0.717, 1.165) is 31.7 Å². The van der Waals surface area contributed by atoms with E-state index < -0.39 is 16.0 Å². The highest BCUT2D eigenvalue weighted by Gasteiger charge is 2.24. The van der Waals surface area contributed by atoms with Crippen LogP contribution in [-0.4, -0.2) is 25.8 Å². The number of nitrogens with one attached hydrogen (secondary N) is 1. The first-order valence-corrected chi connectivity index (χ1v) is 8.94. The van der Waals surface area contributed by atoms with Crippen molar-refractivity contribution in [3.63, 3.8) is 0 Å². The van der Waals surface area contributed by atoms with E-state index >= 15 is 0 Å². The third kappa shape index (κ3) is 3.84. The van der Waals surface area contributed by atoms with Crippen molar-refractivity contribution in [2.75, 3.05) is 17.8 Å². The first-order chi connectivity index (χ1) is 9.40. The summed E-state index contributed by atoms with van der Waals surface area (Å²) < 4.78 is 41.9. The van der Waals surface area contributed by atoms with Crippen LogP contribution in [0.1, 0.15) is 25.7 Å². The molecule has 0 bridgehead atoms. The Morgan fingerprint density at radius 3 is 2.35 bits per heavy atom. The van der Waals surface area contributed by atoms with Gasteiger partial charge in [0.05, 0.1) is 10.7 Å². The van der Waals surface area contributed by atoms with Gasteiger partial charge in [0.1, 0.15) is 5.82 Å². The van der Waals surface area contributed by atoms with E-state index in [0.29, 0.717) is 13.1 Å². The molecule has 2 rings (SSSR count). The largest absolute Gasteiger partial charge is 0.301 e. The van der Waals surface area contributed by atoms with Gasteiger partial charge in [-0.25, -0.2) is 4.39 Å². The van der Waals surface area contributed by atoms with E-state index in [1.54, 1.807) is 0 Å². The summed E-state index contributed by atoms with van der Waals surface area (Å²) >= 11 is 9.02. The maximum Gasteiger partial charge on any atom is 0.301 e. The minimum atomic E-state index is -3.67. The SMILES string of the molecule is O=S(=O)(Nc1c(Cl)cc(F)cc1Br)N1CCCCCC1. The molecule has 0 radical (unpaired) electrons. The van der Waals surface area contributed by atoms with Crippen LogP contribution >= 0.6 is 27.5 Å². The smallest absolute Gasteiger partial charge is 0.268 e. The molecule has 1 fully saturated rings. The van der Waals surface area contributed by atoms with Crippen LogP contribution in [0.25, 0.3) is 0 Å². The molecular weight excluding hydrogens is 371 g/mol. The maximum atomic E-state index is 13.1. The third-order valence-electron chi connectivity index (χ3n) is 3.14. The lowest BCUT2D eigenvalue weighted by Gasteiger charge is -2.21. The van der Waals surface area contributed by atoms with Crippen molar-refractivity contribution in [1.82, 2.24) is 4.31 Å². The Bertz CT molecular complexity index is 566. The predicted molar refractivity (Wildman–Crippen MR) is 81.7 cm³/mol. The van der Waals surface area contributed by atoms with Crippen LogP contribution in [0.4, 0.5) is 10.1 Å². The standard InChI is InChI=1S/C12H15BrClFN2O2S/c13-10-7-9(15)8-11(14)12(10)16-20(18,19)17-5-3-1-2-4-6-17/h7-8,16H,1-6H2. The highest BCUT2D eigenvalue weighted by molar-refractivity contribution is 9.10. The lowest BCUT2D eigenvalue weighted by Crippen LogP contribution is -2.36. The van der Waals surface area contributed by atoms with Crippen LogP contribution in [0.15, 0.2) is 16.6 Å². The number of nitrogens with zero attached hydrogens (tertiary/aromatic N) is 1. The van der Waals surface area contributed by atoms with Gasteiger partial charge in [-0.2, -0.15) is 12.7 Å². The molecule has 1 heterocycles. The molecule has 0 atom stereocenters. The van der Waals surface area contributed by atoms with Crippen molar-refractivity contribution >= 4 is 43.4 Å². The molecule has 0 aromatic heterocycles. The molecule has 0 saturated carbocycles. The second-order valence-corrected chi connectivity index (χ2v) is 7.60. The van der Waals surface area contributed by atoms with Gasteiger partial charge in [-0.05, 0) is 40.9 Å². The molecule has 20 heavy (non-hydrogen) atoms. The summed E-state index contributed by atoms with van der Waals surface area (Å²) in [4.78, 5) is 0. The third-order valence-corrected chi connectivity index (χ3v) is 5.57. The fraction of sp³-hybridized carbons (Fsp3) is 0.500. The van der Waals surface area contributed by atoms with Gasteiger partial charge >= 0.3 is 10.2 Å². The molecular formula is C12H15BrClFN2O2S. The Hall–Kier alpha value is -0.370. The van der Waals surface area contributed by atoms with Crippen LogP contribution in [0.3, 0.4) is 0 Å². The first-order valence-electron chi connectivity index (χ1n) is 6.32. The van der Waals surface area contributed by atoms with E-state index in [1.807, 2.05) is 0 Å². The Labute approximate surface area is 131 Å². The van der Waals surface area contributed by atoms with E-state index in [9.17, 15) is 12.8 Å². The second-order valence-electron chi connectivity index (χ2n) is 4.66. The van der Waals surface area contributed by atoms with Crippen LogP contribution in [0, 0.1) is 5.82 Å². The molecule has 0 unspecified atom stereocenters. The van der Waals surface area contributed by atoms with E-state index in [2.05, 4.69) is 20.7 Å². The normalized spacial score (nSPS) is 17.8. The molecule has 0 aliphatic carbocycles. The summed E-state index contributed by atoms with van der Waals surface area (Å²) in [5.41, 5.74) is 0.164.